The number of pyridine rings is 1. The summed E-state index contributed by atoms with van der Waals surface area (Å²) in [5.41, 5.74) is 0.768. The van der Waals surface area contributed by atoms with Crippen molar-refractivity contribution in [1.29, 1.82) is 0 Å². The summed E-state index contributed by atoms with van der Waals surface area (Å²) in [4.78, 5) is 14.9. The van der Waals surface area contributed by atoms with E-state index in [1.165, 1.54) is 24.4 Å². The predicted octanol–water partition coefficient (Wildman–Crippen LogP) is 5.15. The van der Waals surface area contributed by atoms with Gasteiger partial charge in [0.2, 0.25) is 0 Å². The van der Waals surface area contributed by atoms with Crippen LogP contribution in [-0.4, -0.2) is 13.4 Å². The van der Waals surface area contributed by atoms with E-state index in [2.05, 4.69) is 16.3 Å². The van der Waals surface area contributed by atoms with Crippen LogP contribution >= 0.6 is 0 Å². The Morgan fingerprint density at radius 2 is 1.66 bits per heavy atom. The van der Waals surface area contributed by atoms with Crippen LogP contribution in [0.1, 0.15) is 0 Å². The van der Waals surface area contributed by atoms with Gasteiger partial charge in [0.05, 0.1) is 0 Å². The number of anilines is 1. The zero-order valence-electron chi connectivity index (χ0n) is 16.4. The molecule has 32 heavy (non-hydrogen) atoms. The second-order valence-electron chi connectivity index (χ2n) is 6.78. The molecule has 0 fully saturated rings. The van der Waals surface area contributed by atoms with Crippen molar-refractivity contribution in [2.45, 2.75) is 0 Å². The SMILES string of the molecule is C=CS(=O)(=O)Nc1ccc(Oc2ccc(F)cc2F)c(-c2c[nH]c(=O)c3ccccc23)c1. The van der Waals surface area contributed by atoms with Gasteiger partial charge in [-0.2, -0.15) is 0 Å². The van der Waals surface area contributed by atoms with Gasteiger partial charge in [0.1, 0.15) is 11.6 Å². The van der Waals surface area contributed by atoms with E-state index in [-0.39, 0.29) is 22.7 Å². The highest BCUT2D eigenvalue weighted by atomic mass is 32.2. The predicted molar refractivity (Wildman–Crippen MR) is 119 cm³/mol. The molecule has 0 aliphatic carbocycles. The number of aromatic amines is 1. The van der Waals surface area contributed by atoms with Crippen LogP contribution in [0.3, 0.4) is 0 Å². The lowest BCUT2D eigenvalue weighted by molar-refractivity contribution is 0.439. The molecule has 0 atom stereocenters. The number of hydrogen-bond donors (Lipinski definition) is 2. The summed E-state index contributed by atoms with van der Waals surface area (Å²) in [6, 6.07) is 14.1. The molecule has 0 unspecified atom stereocenters. The van der Waals surface area contributed by atoms with Gasteiger partial charge in [0.15, 0.2) is 11.6 Å². The number of fused-ring (bicyclic) bond motifs is 1. The highest BCUT2D eigenvalue weighted by Crippen LogP contribution is 2.38. The fourth-order valence-electron chi connectivity index (χ4n) is 3.21. The minimum absolute atomic E-state index is 0.161. The molecule has 0 bridgehead atoms. The summed E-state index contributed by atoms with van der Waals surface area (Å²) < 4.78 is 59.4. The third-order valence-corrected chi connectivity index (χ3v) is 5.63. The van der Waals surface area contributed by atoms with Crippen molar-refractivity contribution in [3.05, 3.63) is 101 Å². The fourth-order valence-corrected chi connectivity index (χ4v) is 3.75. The summed E-state index contributed by atoms with van der Waals surface area (Å²) in [6.07, 6.45) is 1.46. The standard InChI is InChI=1S/C23H16F2N2O4S/c1-2-32(29,30)27-15-8-10-21(31-22-9-7-14(24)11-20(22)25)18(12-15)19-13-26-23(28)17-6-4-3-5-16(17)19/h2-13,27H,1H2,(H,26,28). The van der Waals surface area contributed by atoms with Crippen molar-refractivity contribution in [1.82, 2.24) is 4.98 Å². The van der Waals surface area contributed by atoms with Crippen molar-refractivity contribution in [2.75, 3.05) is 4.72 Å². The van der Waals surface area contributed by atoms with Gasteiger partial charge < -0.3 is 9.72 Å². The first-order valence-corrected chi connectivity index (χ1v) is 10.8. The van der Waals surface area contributed by atoms with E-state index in [0.29, 0.717) is 28.0 Å². The molecule has 0 aliphatic rings. The minimum atomic E-state index is -3.79. The molecule has 0 spiro atoms. The van der Waals surface area contributed by atoms with Crippen LogP contribution in [-0.2, 0) is 10.0 Å². The first-order valence-electron chi connectivity index (χ1n) is 9.30. The molecule has 3 aromatic carbocycles. The Morgan fingerprint density at radius 3 is 2.38 bits per heavy atom. The molecule has 6 nitrogen and oxygen atoms in total. The minimum Gasteiger partial charge on any atom is -0.454 e. The van der Waals surface area contributed by atoms with Gasteiger partial charge in [-0.1, -0.05) is 24.8 Å². The van der Waals surface area contributed by atoms with Gasteiger partial charge in [-0.15, -0.1) is 0 Å². The maximum Gasteiger partial charge on any atom is 0.255 e. The average molecular weight is 454 g/mol. The summed E-state index contributed by atoms with van der Waals surface area (Å²) in [6.45, 7) is 3.26. The molecule has 0 saturated carbocycles. The molecule has 0 aliphatic heterocycles. The molecular formula is C23H16F2N2O4S. The Morgan fingerprint density at radius 1 is 0.938 bits per heavy atom. The van der Waals surface area contributed by atoms with Crippen molar-refractivity contribution in [3.8, 4) is 22.6 Å². The number of nitrogens with one attached hydrogen (secondary N) is 2. The number of benzene rings is 3. The Labute approximate surface area is 181 Å². The van der Waals surface area contributed by atoms with Gasteiger partial charge in [0.25, 0.3) is 15.6 Å². The zero-order valence-corrected chi connectivity index (χ0v) is 17.2. The van der Waals surface area contributed by atoms with E-state index >= 15 is 0 Å². The van der Waals surface area contributed by atoms with E-state index in [9.17, 15) is 22.0 Å². The fraction of sp³-hybridized carbons (Fsp3) is 0. The molecule has 1 aromatic heterocycles. The van der Waals surface area contributed by atoms with Crippen LogP contribution < -0.4 is 15.0 Å². The van der Waals surface area contributed by atoms with Crippen molar-refractivity contribution in [3.63, 3.8) is 0 Å². The van der Waals surface area contributed by atoms with Gasteiger partial charge in [-0.3, -0.25) is 9.52 Å². The van der Waals surface area contributed by atoms with E-state index < -0.39 is 21.7 Å². The summed E-state index contributed by atoms with van der Waals surface area (Å²) in [5.74, 6) is -1.72. The largest absolute Gasteiger partial charge is 0.454 e. The van der Waals surface area contributed by atoms with Gasteiger partial charge >= 0.3 is 0 Å². The van der Waals surface area contributed by atoms with Gasteiger partial charge in [-0.25, -0.2) is 17.2 Å². The molecule has 4 aromatic rings. The first kappa shape index (κ1) is 21.3. The first-order chi connectivity index (χ1) is 15.3. The molecule has 4 rings (SSSR count). The van der Waals surface area contributed by atoms with Crippen molar-refractivity contribution >= 4 is 26.5 Å². The van der Waals surface area contributed by atoms with Crippen LogP contribution in [0.5, 0.6) is 11.5 Å². The maximum atomic E-state index is 14.2. The number of hydrogen-bond acceptors (Lipinski definition) is 4. The third kappa shape index (κ3) is 4.23. The van der Waals surface area contributed by atoms with Gasteiger partial charge in [-0.05, 0) is 41.8 Å². The second-order valence-corrected chi connectivity index (χ2v) is 8.41. The number of H-pyrrole nitrogens is 1. The number of aromatic nitrogens is 1. The third-order valence-electron chi connectivity index (χ3n) is 4.67. The number of ether oxygens (including phenoxy) is 1. The lowest BCUT2D eigenvalue weighted by atomic mass is 9.99. The van der Waals surface area contributed by atoms with Crippen LogP contribution in [0.4, 0.5) is 14.5 Å². The van der Waals surface area contributed by atoms with Crippen LogP contribution in [0, 0.1) is 11.6 Å². The highest BCUT2D eigenvalue weighted by Gasteiger charge is 2.16. The summed E-state index contributed by atoms with van der Waals surface area (Å²) in [5, 5.41) is 1.74. The number of rotatable bonds is 6. The van der Waals surface area contributed by atoms with E-state index in [1.807, 2.05) is 0 Å². The molecule has 0 radical (unpaired) electrons. The van der Waals surface area contributed by atoms with Crippen LogP contribution in [0.2, 0.25) is 0 Å². The Bertz CT molecular complexity index is 1510. The lowest BCUT2D eigenvalue weighted by Gasteiger charge is -2.15. The molecule has 2 N–H and O–H groups in total. The zero-order chi connectivity index (χ0) is 22.9. The quantitative estimate of drug-likeness (QED) is 0.422. The smallest absolute Gasteiger partial charge is 0.255 e. The lowest BCUT2D eigenvalue weighted by Crippen LogP contribution is -2.09. The normalized spacial score (nSPS) is 11.3. The van der Waals surface area contributed by atoms with Crippen LogP contribution in [0.15, 0.2) is 83.6 Å². The molecule has 9 heteroatoms. The van der Waals surface area contributed by atoms with E-state index in [0.717, 1.165) is 17.5 Å². The number of sulfonamides is 1. The highest BCUT2D eigenvalue weighted by molar-refractivity contribution is 7.95. The second kappa shape index (κ2) is 8.27. The van der Waals surface area contributed by atoms with Crippen molar-refractivity contribution < 1.29 is 21.9 Å². The Hall–Kier alpha value is -3.98. The molecule has 1 heterocycles. The topological polar surface area (TPSA) is 88.3 Å². The molecular weight excluding hydrogens is 438 g/mol. The Kier molecular flexibility index (Phi) is 5.50. The molecule has 0 amide bonds. The average Bonchev–Trinajstić information content (AvgIpc) is 2.77. The van der Waals surface area contributed by atoms with E-state index in [4.69, 9.17) is 4.74 Å². The monoisotopic (exact) mass is 454 g/mol. The van der Waals surface area contributed by atoms with Crippen LogP contribution in [0.25, 0.3) is 21.9 Å². The number of halogens is 2. The van der Waals surface area contributed by atoms with E-state index in [1.54, 1.807) is 24.3 Å². The van der Waals surface area contributed by atoms with Gasteiger partial charge in [0, 0.05) is 39.9 Å². The molecule has 162 valence electrons. The summed E-state index contributed by atoms with van der Waals surface area (Å²) in [7, 11) is -3.79. The Balaban J connectivity index is 1.92. The molecule has 0 saturated heterocycles. The summed E-state index contributed by atoms with van der Waals surface area (Å²) >= 11 is 0. The van der Waals surface area contributed by atoms with Crippen molar-refractivity contribution in [2.24, 2.45) is 0 Å². The maximum absolute atomic E-state index is 14.2.